The molecule has 0 aromatic heterocycles. The van der Waals surface area contributed by atoms with Gasteiger partial charge in [0.15, 0.2) is 0 Å². The van der Waals surface area contributed by atoms with E-state index in [0.717, 1.165) is 44.4 Å². The van der Waals surface area contributed by atoms with E-state index in [1.165, 1.54) is 0 Å². The highest BCUT2D eigenvalue weighted by molar-refractivity contribution is 5.01. The van der Waals surface area contributed by atoms with Gasteiger partial charge in [-0.05, 0) is 44.4 Å². The standard InChI is InChI=1S/C13H24O3/c1-11-2-4-13(15,5-3-11)12(10-14)6-8-16-9-7-12/h11,14-15H,2-10H2,1H3. The Kier molecular flexibility index (Phi) is 3.57. The topological polar surface area (TPSA) is 49.7 Å². The lowest BCUT2D eigenvalue weighted by molar-refractivity contribution is -0.171. The summed E-state index contributed by atoms with van der Waals surface area (Å²) in [6.45, 7) is 3.70. The van der Waals surface area contributed by atoms with E-state index in [1.807, 2.05) is 0 Å². The fourth-order valence-electron chi connectivity index (χ4n) is 3.30. The minimum atomic E-state index is -0.655. The maximum Gasteiger partial charge on any atom is 0.0727 e. The molecule has 2 fully saturated rings. The molecule has 1 aliphatic carbocycles. The molecule has 0 bridgehead atoms. The van der Waals surface area contributed by atoms with Crippen LogP contribution in [0.5, 0.6) is 0 Å². The second-order valence-electron chi connectivity index (χ2n) is 5.76. The molecule has 0 atom stereocenters. The van der Waals surface area contributed by atoms with Crippen molar-refractivity contribution in [3.8, 4) is 0 Å². The molecule has 94 valence electrons. The van der Waals surface area contributed by atoms with Crippen LogP contribution in [0.25, 0.3) is 0 Å². The second-order valence-corrected chi connectivity index (χ2v) is 5.76. The molecule has 2 rings (SSSR count). The van der Waals surface area contributed by atoms with Gasteiger partial charge >= 0.3 is 0 Å². The van der Waals surface area contributed by atoms with Crippen molar-refractivity contribution in [1.29, 1.82) is 0 Å². The molecule has 2 N–H and O–H groups in total. The highest BCUT2D eigenvalue weighted by atomic mass is 16.5. The van der Waals surface area contributed by atoms with Crippen LogP contribution in [0.1, 0.15) is 45.4 Å². The number of hydrogen-bond donors (Lipinski definition) is 2. The summed E-state index contributed by atoms with van der Waals surface area (Å²) in [5.41, 5.74) is -0.955. The maximum atomic E-state index is 10.8. The molecule has 0 amide bonds. The van der Waals surface area contributed by atoms with Gasteiger partial charge in [0.1, 0.15) is 0 Å². The van der Waals surface area contributed by atoms with Gasteiger partial charge in [-0.1, -0.05) is 6.92 Å². The van der Waals surface area contributed by atoms with Crippen LogP contribution in [0.2, 0.25) is 0 Å². The van der Waals surface area contributed by atoms with Crippen molar-refractivity contribution in [1.82, 2.24) is 0 Å². The number of ether oxygens (including phenoxy) is 1. The number of hydrogen-bond acceptors (Lipinski definition) is 3. The van der Waals surface area contributed by atoms with Crippen LogP contribution in [-0.2, 0) is 4.74 Å². The minimum Gasteiger partial charge on any atom is -0.396 e. The van der Waals surface area contributed by atoms with Gasteiger partial charge in [0.05, 0.1) is 12.2 Å². The zero-order chi connectivity index (χ0) is 11.6. The van der Waals surface area contributed by atoms with Crippen LogP contribution in [0.15, 0.2) is 0 Å². The van der Waals surface area contributed by atoms with Gasteiger partial charge < -0.3 is 14.9 Å². The predicted molar refractivity (Wildman–Crippen MR) is 62.2 cm³/mol. The molecular weight excluding hydrogens is 204 g/mol. The van der Waals surface area contributed by atoms with E-state index in [9.17, 15) is 10.2 Å². The molecule has 0 aromatic rings. The Hall–Kier alpha value is -0.120. The lowest BCUT2D eigenvalue weighted by Crippen LogP contribution is -2.55. The summed E-state index contributed by atoms with van der Waals surface area (Å²) in [6.07, 6.45) is 5.45. The summed E-state index contributed by atoms with van der Waals surface area (Å²) in [6, 6.07) is 0. The summed E-state index contributed by atoms with van der Waals surface area (Å²) in [4.78, 5) is 0. The Morgan fingerprint density at radius 3 is 2.19 bits per heavy atom. The predicted octanol–water partition coefficient (Wildman–Crippen LogP) is 1.72. The van der Waals surface area contributed by atoms with Crippen molar-refractivity contribution < 1.29 is 14.9 Å². The Balaban J connectivity index is 2.12. The van der Waals surface area contributed by atoms with Gasteiger partial charge in [-0.15, -0.1) is 0 Å². The first-order valence-corrected chi connectivity index (χ1v) is 6.53. The third kappa shape index (κ3) is 2.01. The van der Waals surface area contributed by atoms with E-state index in [0.29, 0.717) is 13.2 Å². The summed E-state index contributed by atoms with van der Waals surface area (Å²) < 4.78 is 5.36. The molecule has 1 saturated carbocycles. The molecule has 0 unspecified atom stereocenters. The summed E-state index contributed by atoms with van der Waals surface area (Å²) in [7, 11) is 0. The maximum absolute atomic E-state index is 10.8. The number of rotatable bonds is 2. The Labute approximate surface area is 97.8 Å². The van der Waals surface area contributed by atoms with Crippen molar-refractivity contribution in [2.24, 2.45) is 11.3 Å². The van der Waals surface area contributed by atoms with E-state index in [1.54, 1.807) is 0 Å². The quantitative estimate of drug-likeness (QED) is 0.756. The average molecular weight is 228 g/mol. The molecule has 1 saturated heterocycles. The molecule has 0 radical (unpaired) electrons. The van der Waals surface area contributed by atoms with Gasteiger partial charge in [0.2, 0.25) is 0 Å². The molecule has 1 aliphatic heterocycles. The lowest BCUT2D eigenvalue weighted by Gasteiger charge is -2.51. The highest BCUT2D eigenvalue weighted by Gasteiger charge is 2.51. The Bertz CT molecular complexity index is 225. The van der Waals surface area contributed by atoms with E-state index >= 15 is 0 Å². The number of aliphatic hydroxyl groups excluding tert-OH is 1. The molecule has 0 aromatic carbocycles. The lowest BCUT2D eigenvalue weighted by atomic mass is 9.60. The molecule has 0 spiro atoms. The van der Waals surface area contributed by atoms with Gasteiger partial charge in [-0.2, -0.15) is 0 Å². The zero-order valence-electron chi connectivity index (χ0n) is 10.2. The fourth-order valence-corrected chi connectivity index (χ4v) is 3.30. The smallest absolute Gasteiger partial charge is 0.0727 e. The van der Waals surface area contributed by atoms with Gasteiger partial charge in [0, 0.05) is 18.6 Å². The van der Waals surface area contributed by atoms with E-state index in [2.05, 4.69) is 6.92 Å². The minimum absolute atomic E-state index is 0.0985. The van der Waals surface area contributed by atoms with Gasteiger partial charge in [-0.25, -0.2) is 0 Å². The number of aliphatic hydroxyl groups is 2. The van der Waals surface area contributed by atoms with Gasteiger partial charge in [-0.3, -0.25) is 0 Å². The van der Waals surface area contributed by atoms with Crippen molar-refractivity contribution in [3.05, 3.63) is 0 Å². The Morgan fingerprint density at radius 1 is 1.12 bits per heavy atom. The molecule has 16 heavy (non-hydrogen) atoms. The van der Waals surface area contributed by atoms with Crippen LogP contribution in [-0.4, -0.2) is 35.6 Å². The first-order valence-electron chi connectivity index (χ1n) is 6.53. The van der Waals surface area contributed by atoms with Crippen molar-refractivity contribution in [2.45, 2.75) is 51.0 Å². The van der Waals surface area contributed by atoms with E-state index in [-0.39, 0.29) is 12.0 Å². The zero-order valence-corrected chi connectivity index (χ0v) is 10.2. The van der Waals surface area contributed by atoms with Crippen molar-refractivity contribution >= 4 is 0 Å². The van der Waals surface area contributed by atoms with Crippen LogP contribution < -0.4 is 0 Å². The molecule has 3 heteroatoms. The fraction of sp³-hybridized carbons (Fsp3) is 1.00. The van der Waals surface area contributed by atoms with Gasteiger partial charge in [0.25, 0.3) is 0 Å². The largest absolute Gasteiger partial charge is 0.396 e. The monoisotopic (exact) mass is 228 g/mol. The average Bonchev–Trinajstić information content (AvgIpc) is 2.34. The molecule has 1 heterocycles. The third-order valence-electron chi connectivity index (χ3n) is 4.84. The normalized spacial score (nSPS) is 39.6. The molecule has 2 aliphatic rings. The van der Waals surface area contributed by atoms with Crippen LogP contribution in [0.3, 0.4) is 0 Å². The summed E-state index contributed by atoms with van der Waals surface area (Å²) in [5.74, 6) is 0.718. The molecular formula is C13H24O3. The SMILES string of the molecule is CC1CCC(O)(C2(CO)CCOCC2)CC1. The summed E-state index contributed by atoms with van der Waals surface area (Å²) >= 11 is 0. The highest BCUT2D eigenvalue weighted by Crippen LogP contribution is 2.49. The third-order valence-corrected chi connectivity index (χ3v) is 4.84. The summed E-state index contributed by atoms with van der Waals surface area (Å²) in [5, 5.41) is 20.6. The first-order chi connectivity index (χ1) is 7.62. The van der Waals surface area contributed by atoms with Crippen LogP contribution in [0.4, 0.5) is 0 Å². The van der Waals surface area contributed by atoms with Crippen molar-refractivity contribution in [3.63, 3.8) is 0 Å². The molecule has 3 nitrogen and oxygen atoms in total. The van der Waals surface area contributed by atoms with Crippen LogP contribution >= 0.6 is 0 Å². The Morgan fingerprint density at radius 2 is 1.69 bits per heavy atom. The van der Waals surface area contributed by atoms with Crippen LogP contribution in [0, 0.1) is 11.3 Å². The first kappa shape index (κ1) is 12.3. The van der Waals surface area contributed by atoms with E-state index < -0.39 is 5.60 Å². The van der Waals surface area contributed by atoms with Crippen molar-refractivity contribution in [2.75, 3.05) is 19.8 Å². The second kappa shape index (κ2) is 4.63. The van der Waals surface area contributed by atoms with E-state index in [4.69, 9.17) is 4.74 Å².